The third-order valence-corrected chi connectivity index (χ3v) is 4.81. The Morgan fingerprint density at radius 1 is 1.08 bits per heavy atom. The van der Waals surface area contributed by atoms with E-state index in [2.05, 4.69) is 18.7 Å². The first-order valence-corrected chi connectivity index (χ1v) is 8.96. The largest absolute Gasteiger partial charge is 0.497 e. The summed E-state index contributed by atoms with van der Waals surface area (Å²) >= 11 is 0. The van der Waals surface area contributed by atoms with E-state index in [1.165, 1.54) is 12.8 Å². The van der Waals surface area contributed by atoms with E-state index in [1.807, 2.05) is 29.2 Å². The van der Waals surface area contributed by atoms with Gasteiger partial charge >= 0.3 is 6.09 Å². The lowest BCUT2D eigenvalue weighted by atomic mass is 10.1. The van der Waals surface area contributed by atoms with E-state index in [0.717, 1.165) is 43.9 Å². The SMILES string of the molecule is CCC(CC)N1CCN(C(=O)OCCc2ccc(OC)cc2)CC1. The van der Waals surface area contributed by atoms with E-state index in [4.69, 9.17) is 9.47 Å². The summed E-state index contributed by atoms with van der Waals surface area (Å²) in [6.45, 7) is 8.29. The number of amides is 1. The van der Waals surface area contributed by atoms with Gasteiger partial charge in [0, 0.05) is 38.6 Å². The Bertz CT molecular complexity index is 492. The van der Waals surface area contributed by atoms with Gasteiger partial charge in [-0.1, -0.05) is 26.0 Å². The normalized spacial score (nSPS) is 15.6. The number of rotatable bonds is 7. The van der Waals surface area contributed by atoms with Crippen molar-refractivity contribution in [3.63, 3.8) is 0 Å². The summed E-state index contributed by atoms with van der Waals surface area (Å²) in [4.78, 5) is 16.5. The van der Waals surface area contributed by atoms with Gasteiger partial charge in [0.15, 0.2) is 0 Å². The van der Waals surface area contributed by atoms with Crippen LogP contribution in [0.15, 0.2) is 24.3 Å². The van der Waals surface area contributed by atoms with Gasteiger partial charge in [-0.2, -0.15) is 0 Å². The van der Waals surface area contributed by atoms with Crippen molar-refractivity contribution in [2.75, 3.05) is 39.9 Å². The van der Waals surface area contributed by atoms with Gasteiger partial charge in [0.2, 0.25) is 0 Å². The smallest absolute Gasteiger partial charge is 0.409 e. The van der Waals surface area contributed by atoms with Crippen LogP contribution in [0.3, 0.4) is 0 Å². The summed E-state index contributed by atoms with van der Waals surface area (Å²) in [6.07, 6.45) is 2.88. The predicted molar refractivity (Wildman–Crippen MR) is 95.6 cm³/mol. The molecular formula is C19H30N2O3. The molecule has 1 aromatic rings. The zero-order valence-corrected chi connectivity index (χ0v) is 15.2. The van der Waals surface area contributed by atoms with E-state index in [9.17, 15) is 4.79 Å². The van der Waals surface area contributed by atoms with Gasteiger partial charge in [-0.15, -0.1) is 0 Å². The highest BCUT2D eigenvalue weighted by Gasteiger charge is 2.25. The minimum Gasteiger partial charge on any atom is -0.497 e. The van der Waals surface area contributed by atoms with E-state index in [-0.39, 0.29) is 6.09 Å². The summed E-state index contributed by atoms with van der Waals surface area (Å²) in [5.74, 6) is 0.839. The first-order chi connectivity index (χ1) is 11.7. The zero-order chi connectivity index (χ0) is 17.4. The fourth-order valence-corrected chi connectivity index (χ4v) is 3.21. The number of hydrogen-bond acceptors (Lipinski definition) is 4. The van der Waals surface area contributed by atoms with Crippen LogP contribution in [0.2, 0.25) is 0 Å². The molecule has 24 heavy (non-hydrogen) atoms. The number of methoxy groups -OCH3 is 1. The molecule has 1 saturated heterocycles. The quantitative estimate of drug-likeness (QED) is 0.768. The molecule has 1 fully saturated rings. The molecule has 5 nitrogen and oxygen atoms in total. The van der Waals surface area contributed by atoms with Gasteiger partial charge in [0.05, 0.1) is 13.7 Å². The fourth-order valence-electron chi connectivity index (χ4n) is 3.21. The minimum absolute atomic E-state index is 0.187. The lowest BCUT2D eigenvalue weighted by molar-refractivity contribution is 0.0624. The Hall–Kier alpha value is -1.75. The molecule has 1 aromatic carbocycles. The number of nitrogens with zero attached hydrogens (tertiary/aromatic N) is 2. The average Bonchev–Trinajstić information content (AvgIpc) is 2.64. The van der Waals surface area contributed by atoms with Crippen molar-refractivity contribution in [3.05, 3.63) is 29.8 Å². The van der Waals surface area contributed by atoms with Crippen LogP contribution in [-0.4, -0.2) is 61.8 Å². The molecule has 2 rings (SSSR count). The highest BCUT2D eigenvalue weighted by atomic mass is 16.6. The second-order valence-corrected chi connectivity index (χ2v) is 6.21. The van der Waals surface area contributed by atoms with E-state index >= 15 is 0 Å². The van der Waals surface area contributed by atoms with Crippen LogP contribution in [0.5, 0.6) is 5.75 Å². The Morgan fingerprint density at radius 2 is 1.71 bits per heavy atom. The van der Waals surface area contributed by atoms with Crippen molar-refractivity contribution >= 4 is 6.09 Å². The summed E-state index contributed by atoms with van der Waals surface area (Å²) in [5.41, 5.74) is 1.14. The molecule has 0 saturated carbocycles. The summed E-state index contributed by atoms with van der Waals surface area (Å²) in [5, 5.41) is 0. The van der Waals surface area contributed by atoms with Gasteiger partial charge in [0.1, 0.15) is 5.75 Å². The van der Waals surface area contributed by atoms with Crippen LogP contribution in [0.25, 0.3) is 0 Å². The average molecular weight is 334 g/mol. The topological polar surface area (TPSA) is 42.0 Å². The number of ether oxygens (including phenoxy) is 2. The zero-order valence-electron chi connectivity index (χ0n) is 15.2. The van der Waals surface area contributed by atoms with E-state index < -0.39 is 0 Å². The van der Waals surface area contributed by atoms with Gasteiger partial charge in [-0.25, -0.2) is 4.79 Å². The van der Waals surface area contributed by atoms with Crippen molar-refractivity contribution < 1.29 is 14.3 Å². The molecule has 1 aliphatic rings. The molecule has 1 amide bonds. The van der Waals surface area contributed by atoms with E-state index in [1.54, 1.807) is 7.11 Å². The van der Waals surface area contributed by atoms with Crippen LogP contribution >= 0.6 is 0 Å². The Balaban J connectivity index is 1.69. The van der Waals surface area contributed by atoms with Crippen LogP contribution in [0.1, 0.15) is 32.3 Å². The molecule has 0 aromatic heterocycles. The molecule has 5 heteroatoms. The summed E-state index contributed by atoms with van der Waals surface area (Å²) in [7, 11) is 1.65. The Labute approximate surface area is 145 Å². The Morgan fingerprint density at radius 3 is 2.25 bits per heavy atom. The molecule has 1 heterocycles. The standard InChI is InChI=1S/C19H30N2O3/c1-4-17(5-2)20-11-13-21(14-12-20)19(22)24-15-10-16-6-8-18(23-3)9-7-16/h6-9,17H,4-5,10-15H2,1-3H3. The first kappa shape index (κ1) is 18.6. The first-order valence-electron chi connectivity index (χ1n) is 8.96. The fraction of sp³-hybridized carbons (Fsp3) is 0.632. The van der Waals surface area contributed by atoms with Crippen molar-refractivity contribution in [1.82, 2.24) is 9.80 Å². The molecule has 0 radical (unpaired) electrons. The third-order valence-electron chi connectivity index (χ3n) is 4.81. The highest BCUT2D eigenvalue weighted by Crippen LogP contribution is 2.14. The molecule has 0 atom stereocenters. The van der Waals surface area contributed by atoms with Crippen LogP contribution in [-0.2, 0) is 11.2 Å². The summed E-state index contributed by atoms with van der Waals surface area (Å²) in [6, 6.07) is 8.49. The number of benzene rings is 1. The predicted octanol–water partition coefficient (Wildman–Crippen LogP) is 3.18. The van der Waals surface area contributed by atoms with Crippen molar-refractivity contribution in [1.29, 1.82) is 0 Å². The lowest BCUT2D eigenvalue weighted by Gasteiger charge is -2.38. The van der Waals surface area contributed by atoms with Gasteiger partial charge in [-0.05, 0) is 30.5 Å². The van der Waals surface area contributed by atoms with Gasteiger partial charge < -0.3 is 14.4 Å². The second kappa shape index (κ2) is 9.52. The molecular weight excluding hydrogens is 304 g/mol. The third kappa shape index (κ3) is 5.13. The number of carbonyl (C=O) groups is 1. The number of piperazine rings is 1. The molecule has 0 unspecified atom stereocenters. The maximum atomic E-state index is 12.2. The second-order valence-electron chi connectivity index (χ2n) is 6.21. The van der Waals surface area contributed by atoms with Crippen molar-refractivity contribution in [2.45, 2.75) is 39.2 Å². The molecule has 0 bridgehead atoms. The van der Waals surface area contributed by atoms with Crippen LogP contribution < -0.4 is 4.74 Å². The van der Waals surface area contributed by atoms with Crippen LogP contribution in [0, 0.1) is 0 Å². The van der Waals surface area contributed by atoms with Gasteiger partial charge in [0.25, 0.3) is 0 Å². The Kier molecular flexibility index (Phi) is 7.37. The molecule has 0 spiro atoms. The lowest BCUT2D eigenvalue weighted by Crippen LogP contribution is -2.51. The number of hydrogen-bond donors (Lipinski definition) is 0. The van der Waals surface area contributed by atoms with Crippen molar-refractivity contribution in [3.8, 4) is 5.75 Å². The van der Waals surface area contributed by atoms with E-state index in [0.29, 0.717) is 12.6 Å². The molecule has 0 aliphatic carbocycles. The number of carbonyl (C=O) groups excluding carboxylic acids is 1. The molecule has 1 aliphatic heterocycles. The maximum absolute atomic E-state index is 12.2. The highest BCUT2D eigenvalue weighted by molar-refractivity contribution is 5.67. The monoisotopic (exact) mass is 334 g/mol. The van der Waals surface area contributed by atoms with Crippen molar-refractivity contribution in [2.24, 2.45) is 0 Å². The van der Waals surface area contributed by atoms with Gasteiger partial charge in [-0.3, -0.25) is 4.90 Å². The summed E-state index contributed by atoms with van der Waals surface area (Å²) < 4.78 is 10.6. The minimum atomic E-state index is -0.187. The molecule has 134 valence electrons. The molecule has 0 N–H and O–H groups in total. The van der Waals surface area contributed by atoms with Crippen LogP contribution in [0.4, 0.5) is 4.79 Å². The maximum Gasteiger partial charge on any atom is 0.409 e.